The van der Waals surface area contributed by atoms with Gasteiger partial charge in [0.2, 0.25) is 6.41 Å². The van der Waals surface area contributed by atoms with Gasteiger partial charge in [-0.25, -0.2) is 4.98 Å². The van der Waals surface area contributed by atoms with Gasteiger partial charge in [-0.05, 0) is 52.1 Å². The molecular formula is C22H22N6O. The molecule has 0 saturated heterocycles. The summed E-state index contributed by atoms with van der Waals surface area (Å²) in [7, 11) is 0. The molecular weight excluding hydrogens is 364 g/mol. The first-order valence-corrected chi connectivity index (χ1v) is 9.36. The number of carbonyl (C=O) groups excluding carboxylic acids is 1. The SMILES string of the molecule is NCc1cc(CN)cc(-c2ccc(CNc3nn(C=O)c4ncccc34)cc2)c1. The second-order valence-corrected chi connectivity index (χ2v) is 6.77. The Morgan fingerprint density at radius 1 is 0.931 bits per heavy atom. The molecule has 0 atom stereocenters. The highest BCUT2D eigenvalue weighted by Crippen LogP contribution is 2.24. The normalized spacial score (nSPS) is 11.0. The second kappa shape index (κ2) is 8.22. The van der Waals surface area contributed by atoms with E-state index in [2.05, 4.69) is 51.8 Å². The first kappa shape index (κ1) is 18.8. The highest BCUT2D eigenvalue weighted by molar-refractivity contribution is 5.90. The van der Waals surface area contributed by atoms with E-state index in [0.29, 0.717) is 37.5 Å². The summed E-state index contributed by atoms with van der Waals surface area (Å²) in [6, 6.07) is 18.2. The lowest BCUT2D eigenvalue weighted by Gasteiger charge is -2.09. The first-order chi connectivity index (χ1) is 14.2. The monoisotopic (exact) mass is 386 g/mol. The van der Waals surface area contributed by atoms with Crippen molar-refractivity contribution in [2.24, 2.45) is 11.5 Å². The fourth-order valence-corrected chi connectivity index (χ4v) is 3.34. The highest BCUT2D eigenvalue weighted by Gasteiger charge is 2.10. The van der Waals surface area contributed by atoms with E-state index in [1.807, 2.05) is 18.2 Å². The van der Waals surface area contributed by atoms with Gasteiger partial charge in [0.25, 0.3) is 0 Å². The van der Waals surface area contributed by atoms with Crippen molar-refractivity contribution in [1.29, 1.82) is 0 Å². The number of nitrogens with two attached hydrogens (primary N) is 2. The summed E-state index contributed by atoms with van der Waals surface area (Å²) in [6.45, 7) is 1.55. The lowest BCUT2D eigenvalue weighted by atomic mass is 9.99. The van der Waals surface area contributed by atoms with Gasteiger partial charge in [0.05, 0.1) is 5.39 Å². The molecule has 0 fully saturated rings. The van der Waals surface area contributed by atoms with Gasteiger partial charge in [-0.2, -0.15) is 4.68 Å². The molecule has 0 aliphatic carbocycles. The lowest BCUT2D eigenvalue weighted by molar-refractivity contribution is 0.542. The summed E-state index contributed by atoms with van der Waals surface area (Å²) < 4.78 is 1.24. The van der Waals surface area contributed by atoms with Gasteiger partial charge >= 0.3 is 0 Å². The van der Waals surface area contributed by atoms with E-state index in [0.717, 1.165) is 33.2 Å². The van der Waals surface area contributed by atoms with Gasteiger partial charge < -0.3 is 16.8 Å². The fraction of sp³-hybridized carbons (Fsp3) is 0.136. The largest absolute Gasteiger partial charge is 0.364 e. The minimum absolute atomic E-state index is 0.485. The Balaban J connectivity index is 1.53. The minimum atomic E-state index is 0.485. The average molecular weight is 386 g/mol. The van der Waals surface area contributed by atoms with Crippen molar-refractivity contribution in [3.8, 4) is 11.1 Å². The Morgan fingerprint density at radius 3 is 2.31 bits per heavy atom. The van der Waals surface area contributed by atoms with Gasteiger partial charge in [-0.3, -0.25) is 4.79 Å². The zero-order valence-corrected chi connectivity index (χ0v) is 15.9. The molecule has 2 aromatic heterocycles. The Morgan fingerprint density at radius 2 is 1.66 bits per heavy atom. The molecule has 0 aliphatic rings. The average Bonchev–Trinajstić information content (AvgIpc) is 3.15. The third-order valence-electron chi connectivity index (χ3n) is 4.84. The molecule has 7 nitrogen and oxygen atoms in total. The van der Waals surface area contributed by atoms with E-state index in [1.54, 1.807) is 6.20 Å². The molecule has 5 N–H and O–H groups in total. The zero-order chi connectivity index (χ0) is 20.2. The van der Waals surface area contributed by atoms with Crippen molar-refractivity contribution in [2.75, 3.05) is 5.32 Å². The maximum absolute atomic E-state index is 11.2. The molecule has 2 aromatic carbocycles. The Labute approximate surface area is 168 Å². The maximum Gasteiger partial charge on any atom is 0.236 e. The van der Waals surface area contributed by atoms with E-state index in [-0.39, 0.29) is 0 Å². The molecule has 0 aliphatic heterocycles. The molecule has 0 bridgehead atoms. The van der Waals surface area contributed by atoms with Crippen LogP contribution in [-0.4, -0.2) is 21.2 Å². The number of hydrogen-bond acceptors (Lipinski definition) is 6. The standard InChI is InChI=1S/C22H22N6O/c23-11-16-8-17(12-24)10-19(9-16)18-5-3-15(4-6-18)13-26-21-20-2-1-7-25-22(20)28(14-29)27-21/h1-10,14H,11-13,23-24H2,(H,26,27). The van der Waals surface area contributed by atoms with E-state index in [9.17, 15) is 4.79 Å². The van der Waals surface area contributed by atoms with Crippen molar-refractivity contribution in [3.05, 3.63) is 77.5 Å². The molecule has 0 amide bonds. The maximum atomic E-state index is 11.2. The summed E-state index contributed by atoms with van der Waals surface area (Å²) in [5.41, 5.74) is 17.6. The predicted octanol–water partition coefficient (Wildman–Crippen LogP) is 2.67. The molecule has 0 radical (unpaired) electrons. The van der Waals surface area contributed by atoms with Crippen LogP contribution >= 0.6 is 0 Å². The van der Waals surface area contributed by atoms with Crippen molar-refractivity contribution >= 4 is 23.3 Å². The number of aromatic nitrogens is 3. The molecule has 29 heavy (non-hydrogen) atoms. The summed E-state index contributed by atoms with van der Waals surface area (Å²) in [6.07, 6.45) is 2.29. The summed E-state index contributed by atoms with van der Waals surface area (Å²) >= 11 is 0. The van der Waals surface area contributed by atoms with Crippen LogP contribution in [0.1, 0.15) is 16.7 Å². The van der Waals surface area contributed by atoms with Gasteiger partial charge in [0, 0.05) is 25.8 Å². The van der Waals surface area contributed by atoms with Crippen molar-refractivity contribution in [3.63, 3.8) is 0 Å². The Bertz CT molecular complexity index is 1130. The van der Waals surface area contributed by atoms with Crippen LogP contribution in [0.4, 0.5) is 5.82 Å². The molecule has 4 rings (SSSR count). The highest BCUT2D eigenvalue weighted by atomic mass is 16.1. The van der Waals surface area contributed by atoms with E-state index >= 15 is 0 Å². The number of pyridine rings is 1. The molecule has 4 aromatic rings. The van der Waals surface area contributed by atoms with Crippen LogP contribution in [0.5, 0.6) is 0 Å². The van der Waals surface area contributed by atoms with E-state index in [4.69, 9.17) is 11.5 Å². The molecule has 2 heterocycles. The smallest absolute Gasteiger partial charge is 0.236 e. The number of carbonyl (C=O) groups is 1. The van der Waals surface area contributed by atoms with E-state index < -0.39 is 0 Å². The Hall–Kier alpha value is -3.55. The van der Waals surface area contributed by atoms with Gasteiger partial charge in [-0.15, -0.1) is 5.10 Å². The van der Waals surface area contributed by atoms with E-state index in [1.165, 1.54) is 4.68 Å². The van der Waals surface area contributed by atoms with Crippen molar-refractivity contribution in [1.82, 2.24) is 14.8 Å². The Kier molecular flexibility index (Phi) is 5.33. The fourth-order valence-electron chi connectivity index (χ4n) is 3.34. The van der Waals surface area contributed by atoms with Crippen LogP contribution in [0.2, 0.25) is 0 Å². The minimum Gasteiger partial charge on any atom is -0.364 e. The molecule has 0 spiro atoms. The topological polar surface area (TPSA) is 112 Å². The molecule has 0 saturated carbocycles. The van der Waals surface area contributed by atoms with Crippen LogP contribution in [0.15, 0.2) is 60.8 Å². The van der Waals surface area contributed by atoms with Gasteiger partial charge in [0.1, 0.15) is 0 Å². The van der Waals surface area contributed by atoms with Gasteiger partial charge in [-0.1, -0.05) is 30.3 Å². The van der Waals surface area contributed by atoms with Crippen LogP contribution in [0, 0.1) is 0 Å². The van der Waals surface area contributed by atoms with Gasteiger partial charge in [0.15, 0.2) is 11.5 Å². The van der Waals surface area contributed by atoms with Crippen LogP contribution in [-0.2, 0) is 24.4 Å². The lowest BCUT2D eigenvalue weighted by Crippen LogP contribution is -2.03. The van der Waals surface area contributed by atoms with Crippen molar-refractivity contribution in [2.45, 2.75) is 19.6 Å². The van der Waals surface area contributed by atoms with Crippen molar-refractivity contribution < 1.29 is 4.79 Å². The van der Waals surface area contributed by atoms with Crippen LogP contribution < -0.4 is 16.8 Å². The molecule has 7 heteroatoms. The number of fused-ring (bicyclic) bond motifs is 1. The summed E-state index contributed by atoms with van der Waals surface area (Å²) in [5, 5.41) is 8.38. The molecule has 146 valence electrons. The number of anilines is 1. The first-order valence-electron chi connectivity index (χ1n) is 9.36. The number of rotatable bonds is 7. The number of benzene rings is 2. The third-order valence-corrected chi connectivity index (χ3v) is 4.84. The summed E-state index contributed by atoms with van der Waals surface area (Å²) in [4.78, 5) is 15.4. The number of nitrogens with one attached hydrogen (secondary N) is 1. The summed E-state index contributed by atoms with van der Waals surface area (Å²) in [5.74, 6) is 0.632. The zero-order valence-electron chi connectivity index (χ0n) is 15.9. The third kappa shape index (κ3) is 3.87. The van der Waals surface area contributed by atoms with Crippen LogP contribution in [0.25, 0.3) is 22.2 Å². The van der Waals surface area contributed by atoms with Crippen LogP contribution in [0.3, 0.4) is 0 Å². The quantitative estimate of drug-likeness (QED) is 0.421. The number of nitrogens with zero attached hydrogens (tertiary/aromatic N) is 3. The number of hydrogen-bond donors (Lipinski definition) is 3. The predicted molar refractivity (Wildman–Crippen MR) is 115 cm³/mol. The second-order valence-electron chi connectivity index (χ2n) is 6.77. The molecule has 0 unspecified atom stereocenters.